The van der Waals surface area contributed by atoms with E-state index in [1.807, 2.05) is 0 Å². The van der Waals surface area contributed by atoms with E-state index in [4.69, 9.17) is 5.11 Å². The second-order valence-corrected chi connectivity index (χ2v) is 4.45. The van der Waals surface area contributed by atoms with Gasteiger partial charge in [0.1, 0.15) is 11.6 Å². The Labute approximate surface area is 121 Å². The van der Waals surface area contributed by atoms with Crippen LogP contribution in [0.15, 0.2) is 23.3 Å². The van der Waals surface area contributed by atoms with Crippen molar-refractivity contribution < 1.29 is 24.2 Å². The monoisotopic (exact) mass is 296 g/mol. The van der Waals surface area contributed by atoms with Gasteiger partial charge < -0.3 is 10.2 Å². The van der Waals surface area contributed by atoms with Crippen LogP contribution < -0.4 is 5.43 Å². The number of nitrogens with one attached hydrogen (secondary N) is 1. The van der Waals surface area contributed by atoms with Crippen LogP contribution in [0, 0.1) is 5.82 Å². The number of hydrogen-bond acceptors (Lipinski definition) is 4. The number of nitrogens with zero attached hydrogens (tertiary/aromatic N) is 1. The molecule has 0 aliphatic heterocycles. The summed E-state index contributed by atoms with van der Waals surface area (Å²) >= 11 is 0. The predicted octanol–water partition coefficient (Wildman–Crippen LogP) is 2.02. The van der Waals surface area contributed by atoms with Crippen LogP contribution in [0.2, 0.25) is 0 Å². The first-order chi connectivity index (χ1) is 9.99. The average molecular weight is 296 g/mol. The lowest BCUT2D eigenvalue weighted by Gasteiger charge is -2.01. The summed E-state index contributed by atoms with van der Waals surface area (Å²) < 4.78 is 12.9. The Hall–Kier alpha value is -2.44. The van der Waals surface area contributed by atoms with E-state index in [1.54, 1.807) is 0 Å². The smallest absolute Gasteiger partial charge is 0.303 e. The van der Waals surface area contributed by atoms with Crippen LogP contribution in [0.25, 0.3) is 0 Å². The number of amides is 1. The Kier molecular flexibility index (Phi) is 6.86. The summed E-state index contributed by atoms with van der Waals surface area (Å²) in [6.07, 6.45) is 3.22. The number of halogens is 1. The fraction of sp³-hybridized carbons (Fsp3) is 0.357. The second-order valence-electron chi connectivity index (χ2n) is 4.45. The number of aromatic hydroxyl groups is 1. The van der Waals surface area contributed by atoms with Crippen molar-refractivity contribution in [1.82, 2.24) is 5.43 Å². The van der Waals surface area contributed by atoms with E-state index in [0.29, 0.717) is 19.3 Å². The topological polar surface area (TPSA) is 99.0 Å². The molecule has 0 spiro atoms. The Morgan fingerprint density at radius 1 is 1.24 bits per heavy atom. The molecule has 0 saturated heterocycles. The number of carboxylic acids is 1. The van der Waals surface area contributed by atoms with Crippen LogP contribution in [0.3, 0.4) is 0 Å². The van der Waals surface area contributed by atoms with Gasteiger partial charge in [-0.05, 0) is 31.0 Å². The van der Waals surface area contributed by atoms with Crippen molar-refractivity contribution in [2.24, 2.45) is 5.10 Å². The third-order valence-electron chi connectivity index (χ3n) is 2.68. The van der Waals surface area contributed by atoms with Gasteiger partial charge >= 0.3 is 5.97 Å². The Bertz CT molecular complexity index is 532. The number of benzene rings is 1. The van der Waals surface area contributed by atoms with E-state index in [0.717, 1.165) is 18.3 Å². The summed E-state index contributed by atoms with van der Waals surface area (Å²) in [5.74, 6) is -1.82. The number of carboxylic acid groups (broad SMARTS) is 1. The maximum atomic E-state index is 12.9. The minimum atomic E-state index is -0.848. The molecule has 0 saturated carbocycles. The van der Waals surface area contributed by atoms with Crippen LogP contribution in [-0.2, 0) is 9.59 Å². The third-order valence-corrected chi connectivity index (χ3v) is 2.68. The molecule has 0 fully saturated rings. The molecule has 1 aromatic rings. The molecule has 7 heteroatoms. The van der Waals surface area contributed by atoms with Gasteiger partial charge in [0.2, 0.25) is 5.91 Å². The molecule has 6 nitrogen and oxygen atoms in total. The molecule has 1 aromatic carbocycles. The van der Waals surface area contributed by atoms with E-state index >= 15 is 0 Å². The van der Waals surface area contributed by atoms with Gasteiger partial charge in [-0.25, -0.2) is 9.82 Å². The first kappa shape index (κ1) is 16.6. The largest absolute Gasteiger partial charge is 0.507 e. The molecule has 0 bridgehead atoms. The molecule has 0 atom stereocenters. The van der Waals surface area contributed by atoms with E-state index < -0.39 is 11.8 Å². The lowest BCUT2D eigenvalue weighted by molar-refractivity contribution is -0.137. The van der Waals surface area contributed by atoms with E-state index in [1.165, 1.54) is 6.07 Å². The zero-order valence-electron chi connectivity index (χ0n) is 11.4. The van der Waals surface area contributed by atoms with Crippen molar-refractivity contribution in [2.75, 3.05) is 0 Å². The van der Waals surface area contributed by atoms with E-state index in [-0.39, 0.29) is 30.1 Å². The fourth-order valence-electron chi connectivity index (χ4n) is 1.60. The van der Waals surface area contributed by atoms with Gasteiger partial charge in [-0.15, -0.1) is 0 Å². The summed E-state index contributed by atoms with van der Waals surface area (Å²) in [6, 6.07) is 3.40. The zero-order valence-corrected chi connectivity index (χ0v) is 11.4. The van der Waals surface area contributed by atoms with E-state index in [2.05, 4.69) is 10.5 Å². The van der Waals surface area contributed by atoms with Crippen LogP contribution in [0.1, 0.15) is 37.7 Å². The molecule has 0 heterocycles. The number of rotatable bonds is 8. The van der Waals surface area contributed by atoms with Gasteiger partial charge in [0.05, 0.1) is 6.21 Å². The van der Waals surface area contributed by atoms with Gasteiger partial charge in [0.25, 0.3) is 0 Å². The number of carbonyl (C=O) groups is 2. The number of unbranched alkanes of at least 4 members (excludes halogenated alkanes) is 2. The molecular weight excluding hydrogens is 279 g/mol. The average Bonchev–Trinajstić information content (AvgIpc) is 2.42. The molecule has 0 aliphatic carbocycles. The number of aliphatic carboxylic acids is 1. The normalized spacial score (nSPS) is 10.7. The highest BCUT2D eigenvalue weighted by Crippen LogP contribution is 2.15. The molecule has 21 heavy (non-hydrogen) atoms. The second kappa shape index (κ2) is 8.68. The van der Waals surface area contributed by atoms with Crippen LogP contribution >= 0.6 is 0 Å². The van der Waals surface area contributed by atoms with E-state index in [9.17, 15) is 19.1 Å². The van der Waals surface area contributed by atoms with Gasteiger partial charge in [-0.1, -0.05) is 6.42 Å². The first-order valence-electron chi connectivity index (χ1n) is 6.51. The number of phenols is 1. The summed E-state index contributed by atoms with van der Waals surface area (Å²) in [7, 11) is 0. The molecule has 114 valence electrons. The van der Waals surface area contributed by atoms with Crippen molar-refractivity contribution in [1.29, 1.82) is 0 Å². The van der Waals surface area contributed by atoms with Gasteiger partial charge in [-0.2, -0.15) is 5.10 Å². The number of phenolic OH excluding ortho intramolecular Hbond substituents is 1. The summed E-state index contributed by atoms with van der Waals surface area (Å²) in [4.78, 5) is 21.7. The van der Waals surface area contributed by atoms with Gasteiger partial charge in [0, 0.05) is 18.4 Å². The summed E-state index contributed by atoms with van der Waals surface area (Å²) in [5, 5.41) is 21.5. The van der Waals surface area contributed by atoms with Crippen molar-refractivity contribution in [3.8, 4) is 5.75 Å². The molecule has 1 rings (SSSR count). The van der Waals surface area contributed by atoms with Crippen molar-refractivity contribution >= 4 is 18.1 Å². The van der Waals surface area contributed by atoms with Gasteiger partial charge in [0.15, 0.2) is 0 Å². The van der Waals surface area contributed by atoms with Crippen LogP contribution in [0.5, 0.6) is 5.75 Å². The maximum Gasteiger partial charge on any atom is 0.303 e. The third kappa shape index (κ3) is 7.05. The zero-order chi connectivity index (χ0) is 15.7. The minimum absolute atomic E-state index is 0.0959. The highest BCUT2D eigenvalue weighted by Gasteiger charge is 2.02. The standard InChI is InChI=1S/C14H17FN2O4/c15-11-6-7-12(18)10(8-11)9-16-17-13(19)4-2-1-3-5-14(20)21/h6-9,18H,1-5H2,(H,17,19)(H,20,21)/b16-9+. The van der Waals surface area contributed by atoms with Gasteiger partial charge in [-0.3, -0.25) is 9.59 Å². The van der Waals surface area contributed by atoms with Crippen molar-refractivity contribution in [3.63, 3.8) is 0 Å². The number of hydrazone groups is 1. The SMILES string of the molecule is O=C(O)CCCCCC(=O)N/N=C/c1cc(F)ccc1O. The molecule has 0 aromatic heterocycles. The predicted molar refractivity (Wildman–Crippen MR) is 74.5 cm³/mol. The quantitative estimate of drug-likeness (QED) is 0.388. The number of carbonyl (C=O) groups excluding carboxylic acids is 1. The maximum absolute atomic E-state index is 12.9. The Morgan fingerprint density at radius 2 is 1.95 bits per heavy atom. The fourth-order valence-corrected chi connectivity index (χ4v) is 1.60. The minimum Gasteiger partial charge on any atom is -0.507 e. The molecule has 1 amide bonds. The summed E-state index contributed by atoms with van der Waals surface area (Å²) in [5.41, 5.74) is 2.42. The van der Waals surface area contributed by atoms with Crippen molar-refractivity contribution in [3.05, 3.63) is 29.6 Å². The van der Waals surface area contributed by atoms with Crippen LogP contribution in [-0.4, -0.2) is 28.3 Å². The lowest BCUT2D eigenvalue weighted by atomic mass is 10.1. The Morgan fingerprint density at radius 3 is 2.67 bits per heavy atom. The summed E-state index contributed by atoms with van der Waals surface area (Å²) in [6.45, 7) is 0. The molecule has 0 radical (unpaired) electrons. The molecule has 0 aliphatic rings. The highest BCUT2D eigenvalue weighted by atomic mass is 19.1. The Balaban J connectivity index is 2.27. The highest BCUT2D eigenvalue weighted by molar-refractivity contribution is 5.85. The van der Waals surface area contributed by atoms with Crippen LogP contribution in [0.4, 0.5) is 4.39 Å². The lowest BCUT2D eigenvalue weighted by Crippen LogP contribution is -2.16. The molecule has 3 N–H and O–H groups in total. The molecular formula is C14H17FN2O4. The first-order valence-corrected chi connectivity index (χ1v) is 6.51. The number of hydrogen-bond donors (Lipinski definition) is 3. The molecule has 0 unspecified atom stereocenters. The van der Waals surface area contributed by atoms with Crippen molar-refractivity contribution in [2.45, 2.75) is 32.1 Å².